The maximum atomic E-state index is 12.0. The van der Waals surface area contributed by atoms with Gasteiger partial charge < -0.3 is 15.4 Å². The largest absolute Gasteiger partial charge is 0.493 e. The Morgan fingerprint density at radius 2 is 1.96 bits per heavy atom. The average Bonchev–Trinajstić information content (AvgIpc) is 2.61. The molecule has 1 aromatic heterocycles. The van der Waals surface area contributed by atoms with Gasteiger partial charge in [-0.1, -0.05) is 24.3 Å². The van der Waals surface area contributed by atoms with E-state index >= 15 is 0 Å². The van der Waals surface area contributed by atoms with E-state index in [4.69, 9.17) is 4.74 Å². The molecule has 2 amide bonds. The van der Waals surface area contributed by atoms with Crippen LogP contribution >= 0.6 is 0 Å². The molecule has 1 atom stereocenters. The highest BCUT2D eigenvalue weighted by molar-refractivity contribution is 5.87. The average molecular weight is 327 g/mol. The molecule has 0 saturated heterocycles. The summed E-state index contributed by atoms with van der Waals surface area (Å²) < 4.78 is 5.46. The summed E-state index contributed by atoms with van der Waals surface area (Å²) in [5, 5.41) is 5.42. The molecule has 0 radical (unpaired) electrons. The molecule has 2 aromatic rings. The second-order valence-electron chi connectivity index (χ2n) is 5.28. The zero-order chi connectivity index (χ0) is 17.2. The normalized spacial score (nSPS) is 11.4. The van der Waals surface area contributed by atoms with Crippen LogP contribution in [-0.4, -0.2) is 29.4 Å². The highest BCUT2D eigenvalue weighted by Crippen LogP contribution is 2.08. The van der Waals surface area contributed by atoms with Crippen molar-refractivity contribution < 1.29 is 14.3 Å². The Kier molecular flexibility index (Phi) is 6.76. The van der Waals surface area contributed by atoms with Crippen molar-refractivity contribution >= 4 is 11.8 Å². The summed E-state index contributed by atoms with van der Waals surface area (Å²) in [6, 6.07) is 12.3. The van der Waals surface area contributed by atoms with Crippen LogP contribution in [0.25, 0.3) is 0 Å². The van der Waals surface area contributed by atoms with Crippen LogP contribution in [0.4, 0.5) is 0 Å². The van der Waals surface area contributed by atoms with Gasteiger partial charge in [-0.3, -0.25) is 14.6 Å². The van der Waals surface area contributed by atoms with E-state index in [2.05, 4.69) is 15.6 Å². The monoisotopic (exact) mass is 327 g/mol. The predicted octanol–water partition coefficient (Wildman–Crippen LogP) is 1.67. The number of nitrogens with one attached hydrogen (secondary N) is 2. The fourth-order valence-corrected chi connectivity index (χ4v) is 2.00. The van der Waals surface area contributed by atoms with E-state index in [-0.39, 0.29) is 24.8 Å². The van der Waals surface area contributed by atoms with E-state index in [9.17, 15) is 9.59 Å². The second-order valence-corrected chi connectivity index (χ2v) is 5.28. The molecule has 0 bridgehead atoms. The van der Waals surface area contributed by atoms with Gasteiger partial charge in [0.2, 0.25) is 11.8 Å². The van der Waals surface area contributed by atoms with Crippen molar-refractivity contribution in [3.63, 3.8) is 0 Å². The molecular formula is C18H21N3O3. The third-order valence-corrected chi connectivity index (χ3v) is 3.30. The zero-order valence-electron chi connectivity index (χ0n) is 13.6. The van der Waals surface area contributed by atoms with E-state index in [1.165, 1.54) is 0 Å². The highest BCUT2D eigenvalue weighted by atomic mass is 16.5. The quantitative estimate of drug-likeness (QED) is 0.773. The molecule has 126 valence electrons. The maximum absolute atomic E-state index is 12.0. The van der Waals surface area contributed by atoms with Crippen LogP contribution in [0.2, 0.25) is 0 Å². The van der Waals surface area contributed by atoms with Crippen LogP contribution in [0, 0.1) is 0 Å². The van der Waals surface area contributed by atoms with E-state index in [0.717, 1.165) is 5.56 Å². The highest BCUT2D eigenvalue weighted by Gasteiger charge is 2.15. The van der Waals surface area contributed by atoms with Crippen molar-refractivity contribution in [1.29, 1.82) is 0 Å². The zero-order valence-corrected chi connectivity index (χ0v) is 13.6. The van der Waals surface area contributed by atoms with Crippen LogP contribution in [0.5, 0.6) is 5.75 Å². The first kappa shape index (κ1) is 17.5. The van der Waals surface area contributed by atoms with E-state index in [1.54, 1.807) is 25.4 Å². The van der Waals surface area contributed by atoms with Crippen LogP contribution < -0.4 is 15.4 Å². The van der Waals surface area contributed by atoms with Crippen molar-refractivity contribution in [1.82, 2.24) is 15.6 Å². The van der Waals surface area contributed by atoms with Crippen molar-refractivity contribution in [2.24, 2.45) is 0 Å². The lowest BCUT2D eigenvalue weighted by Crippen LogP contribution is -2.44. The van der Waals surface area contributed by atoms with Gasteiger partial charge in [0.25, 0.3) is 0 Å². The number of pyridine rings is 1. The van der Waals surface area contributed by atoms with Gasteiger partial charge in [0.05, 0.1) is 13.0 Å². The molecule has 1 aromatic carbocycles. The molecule has 0 aliphatic heterocycles. The Balaban J connectivity index is 1.66. The summed E-state index contributed by atoms with van der Waals surface area (Å²) in [6.07, 6.45) is 3.55. The van der Waals surface area contributed by atoms with Crippen LogP contribution in [0.1, 0.15) is 18.9 Å². The number of aromatic nitrogens is 1. The molecule has 24 heavy (non-hydrogen) atoms. The number of hydrogen-bond donors (Lipinski definition) is 2. The predicted molar refractivity (Wildman–Crippen MR) is 90.2 cm³/mol. The van der Waals surface area contributed by atoms with Crippen molar-refractivity contribution in [3.8, 4) is 5.75 Å². The first-order chi connectivity index (χ1) is 11.6. The van der Waals surface area contributed by atoms with Gasteiger partial charge in [0, 0.05) is 18.9 Å². The van der Waals surface area contributed by atoms with Crippen LogP contribution in [0.15, 0.2) is 54.9 Å². The molecule has 0 aliphatic rings. The Morgan fingerprint density at radius 1 is 1.17 bits per heavy atom. The van der Waals surface area contributed by atoms with E-state index < -0.39 is 6.04 Å². The third kappa shape index (κ3) is 6.08. The fraction of sp³-hybridized carbons (Fsp3) is 0.278. The first-order valence-corrected chi connectivity index (χ1v) is 7.79. The molecule has 2 N–H and O–H groups in total. The smallest absolute Gasteiger partial charge is 0.242 e. The third-order valence-electron chi connectivity index (χ3n) is 3.30. The summed E-state index contributed by atoms with van der Waals surface area (Å²) in [5.41, 5.74) is 0.903. The molecule has 0 unspecified atom stereocenters. The summed E-state index contributed by atoms with van der Waals surface area (Å²) in [7, 11) is 0. The minimum Gasteiger partial charge on any atom is -0.493 e. The molecular weight excluding hydrogens is 306 g/mol. The number of ether oxygens (including phenoxy) is 1. The van der Waals surface area contributed by atoms with Gasteiger partial charge in [-0.2, -0.15) is 0 Å². The van der Waals surface area contributed by atoms with Gasteiger partial charge in [-0.05, 0) is 30.7 Å². The number of carbonyl (C=O) groups excluding carboxylic acids is 2. The Morgan fingerprint density at radius 3 is 2.67 bits per heavy atom. The molecule has 6 heteroatoms. The molecule has 0 saturated carbocycles. The van der Waals surface area contributed by atoms with Gasteiger partial charge >= 0.3 is 0 Å². The molecule has 0 spiro atoms. The van der Waals surface area contributed by atoms with E-state index in [0.29, 0.717) is 12.3 Å². The lowest BCUT2D eigenvalue weighted by atomic mass is 10.2. The summed E-state index contributed by atoms with van der Waals surface area (Å²) >= 11 is 0. The second kappa shape index (κ2) is 9.29. The van der Waals surface area contributed by atoms with Crippen molar-refractivity contribution in [2.75, 3.05) is 6.61 Å². The van der Waals surface area contributed by atoms with Crippen LogP contribution in [-0.2, 0) is 16.1 Å². The fourth-order valence-electron chi connectivity index (χ4n) is 2.00. The summed E-state index contributed by atoms with van der Waals surface area (Å²) in [5.74, 6) is 0.249. The lowest BCUT2D eigenvalue weighted by Gasteiger charge is -2.14. The number of para-hydroxylation sites is 1. The number of nitrogens with zero attached hydrogens (tertiary/aromatic N) is 1. The minimum atomic E-state index is -0.606. The topological polar surface area (TPSA) is 80.3 Å². The van der Waals surface area contributed by atoms with Gasteiger partial charge in [0.1, 0.15) is 11.8 Å². The standard InChI is InChI=1S/C18H21N3O3/c1-14(18(23)20-13-15-6-5-10-19-12-15)21-17(22)9-11-24-16-7-3-2-4-8-16/h2-8,10,12,14H,9,11,13H2,1H3,(H,20,23)(H,21,22)/t14-/m1/s1. The minimum absolute atomic E-state index is 0.190. The van der Waals surface area contributed by atoms with Gasteiger partial charge in [0.15, 0.2) is 0 Å². The van der Waals surface area contributed by atoms with Gasteiger partial charge in [-0.25, -0.2) is 0 Å². The number of benzene rings is 1. The number of hydrogen-bond acceptors (Lipinski definition) is 4. The molecule has 2 rings (SSSR count). The maximum Gasteiger partial charge on any atom is 0.242 e. The lowest BCUT2D eigenvalue weighted by molar-refractivity contribution is -0.128. The van der Waals surface area contributed by atoms with E-state index in [1.807, 2.05) is 36.4 Å². The molecule has 6 nitrogen and oxygen atoms in total. The van der Waals surface area contributed by atoms with Crippen LogP contribution in [0.3, 0.4) is 0 Å². The van der Waals surface area contributed by atoms with Gasteiger partial charge in [-0.15, -0.1) is 0 Å². The summed E-state index contributed by atoms with van der Waals surface area (Å²) in [4.78, 5) is 27.8. The number of rotatable bonds is 8. The number of amides is 2. The SMILES string of the molecule is C[C@@H](NC(=O)CCOc1ccccc1)C(=O)NCc1cccnc1. The Bertz CT molecular complexity index is 647. The Hall–Kier alpha value is -2.89. The van der Waals surface area contributed by atoms with Crippen molar-refractivity contribution in [2.45, 2.75) is 25.9 Å². The van der Waals surface area contributed by atoms with Crippen molar-refractivity contribution in [3.05, 3.63) is 60.4 Å². The molecule has 1 heterocycles. The molecule has 0 fully saturated rings. The first-order valence-electron chi connectivity index (χ1n) is 7.79. The molecule has 0 aliphatic carbocycles. The Labute approximate surface area is 141 Å². The number of carbonyl (C=O) groups is 2. The summed E-state index contributed by atoms with van der Waals surface area (Å²) in [6.45, 7) is 2.29.